The first-order valence-corrected chi connectivity index (χ1v) is 8.71. The minimum absolute atomic E-state index is 0.0160. The van der Waals surface area contributed by atoms with Crippen molar-refractivity contribution in [2.45, 2.75) is 13.5 Å². The number of fused-ring (bicyclic) bond motifs is 1. The van der Waals surface area contributed by atoms with E-state index in [0.717, 1.165) is 22.0 Å². The number of pyridine rings is 1. The molecule has 0 aliphatic rings. The number of aromatic nitrogens is 3. The number of anilines is 1. The van der Waals surface area contributed by atoms with Gasteiger partial charge in [0.2, 0.25) is 0 Å². The maximum absolute atomic E-state index is 11.8. The summed E-state index contributed by atoms with van der Waals surface area (Å²) in [6.07, 6.45) is 3.46. The van der Waals surface area contributed by atoms with E-state index >= 15 is 0 Å². The molecule has 5 nitrogen and oxygen atoms in total. The van der Waals surface area contributed by atoms with Gasteiger partial charge in [-0.05, 0) is 42.8 Å². The summed E-state index contributed by atoms with van der Waals surface area (Å²) in [4.78, 5) is 25.3. The molecule has 1 N–H and O–H groups in total. The molecule has 27 heavy (non-hydrogen) atoms. The van der Waals surface area contributed by atoms with Crippen LogP contribution in [0.3, 0.4) is 0 Å². The van der Waals surface area contributed by atoms with Crippen molar-refractivity contribution in [1.82, 2.24) is 15.0 Å². The number of hydrogen-bond donors (Lipinski definition) is 1. The highest BCUT2D eigenvalue weighted by Crippen LogP contribution is 2.26. The number of hydrogen-bond acceptors (Lipinski definition) is 5. The van der Waals surface area contributed by atoms with Crippen molar-refractivity contribution >= 4 is 22.5 Å². The third-order valence-corrected chi connectivity index (χ3v) is 4.32. The molecule has 0 saturated carbocycles. The Morgan fingerprint density at radius 2 is 1.85 bits per heavy atom. The van der Waals surface area contributed by atoms with Gasteiger partial charge in [-0.3, -0.25) is 9.78 Å². The first-order chi connectivity index (χ1) is 13.2. The van der Waals surface area contributed by atoms with Crippen molar-refractivity contribution in [2.75, 3.05) is 5.32 Å². The fourth-order valence-corrected chi connectivity index (χ4v) is 2.89. The minimum atomic E-state index is 0.0160. The lowest BCUT2D eigenvalue weighted by Crippen LogP contribution is -2.05. The number of nitrogens with zero attached hydrogens (tertiary/aromatic N) is 3. The third-order valence-electron chi connectivity index (χ3n) is 4.32. The van der Waals surface area contributed by atoms with Gasteiger partial charge in [-0.1, -0.05) is 30.3 Å². The molecule has 4 aromatic rings. The summed E-state index contributed by atoms with van der Waals surface area (Å²) in [7, 11) is 0. The monoisotopic (exact) mass is 354 g/mol. The fourth-order valence-electron chi connectivity index (χ4n) is 2.89. The van der Waals surface area contributed by atoms with Crippen LogP contribution >= 0.6 is 0 Å². The van der Waals surface area contributed by atoms with Crippen molar-refractivity contribution in [2.24, 2.45) is 0 Å². The van der Waals surface area contributed by atoms with Gasteiger partial charge in [0, 0.05) is 35.5 Å². The molecule has 5 heteroatoms. The summed E-state index contributed by atoms with van der Waals surface area (Å²) in [6.45, 7) is 2.19. The molecular formula is C22H18N4O. The van der Waals surface area contributed by atoms with Crippen LogP contribution in [0.25, 0.3) is 22.3 Å². The fraction of sp³-hybridized carbons (Fsp3) is 0.0909. The maximum atomic E-state index is 11.8. The average molecular weight is 354 g/mol. The van der Waals surface area contributed by atoms with Crippen LogP contribution in [0, 0.1) is 0 Å². The molecule has 2 aromatic heterocycles. The molecule has 2 heterocycles. The lowest BCUT2D eigenvalue weighted by molar-refractivity contribution is 0.101. The van der Waals surface area contributed by atoms with Crippen molar-refractivity contribution in [3.05, 3.63) is 84.2 Å². The predicted octanol–water partition coefficient (Wildman–Crippen LogP) is 4.51. The van der Waals surface area contributed by atoms with Gasteiger partial charge >= 0.3 is 0 Å². The van der Waals surface area contributed by atoms with Crippen LogP contribution in [0.2, 0.25) is 0 Å². The van der Waals surface area contributed by atoms with Gasteiger partial charge < -0.3 is 5.32 Å². The van der Waals surface area contributed by atoms with Gasteiger partial charge in [0.05, 0.1) is 5.52 Å². The highest BCUT2D eigenvalue weighted by molar-refractivity contribution is 6.00. The molecule has 0 fully saturated rings. The number of ketones is 1. The molecule has 0 aliphatic heterocycles. The zero-order valence-corrected chi connectivity index (χ0v) is 14.9. The molecule has 132 valence electrons. The third kappa shape index (κ3) is 3.67. The van der Waals surface area contributed by atoms with E-state index in [-0.39, 0.29) is 5.78 Å². The Hall–Kier alpha value is -3.60. The molecule has 0 aliphatic carbocycles. The second-order valence-corrected chi connectivity index (χ2v) is 6.26. The topological polar surface area (TPSA) is 67.8 Å². The molecule has 0 atom stereocenters. The van der Waals surface area contributed by atoms with Crippen molar-refractivity contribution in [1.29, 1.82) is 0 Å². The smallest absolute Gasteiger partial charge is 0.163 e. The number of rotatable bonds is 5. The lowest BCUT2D eigenvalue weighted by atomic mass is 10.1. The first kappa shape index (κ1) is 16.8. The molecule has 0 bridgehead atoms. The largest absolute Gasteiger partial charge is 0.365 e. The van der Waals surface area contributed by atoms with Crippen LogP contribution in [0.15, 0.2) is 73.1 Å². The summed E-state index contributed by atoms with van der Waals surface area (Å²) in [5.74, 6) is 1.31. The Labute approximate surface area is 157 Å². The van der Waals surface area contributed by atoms with Crippen LogP contribution in [0.4, 0.5) is 5.82 Å². The molecule has 0 amide bonds. The Balaban J connectivity index is 1.81. The second kappa shape index (κ2) is 7.33. The van der Waals surface area contributed by atoms with E-state index in [1.165, 1.54) is 0 Å². The van der Waals surface area contributed by atoms with Gasteiger partial charge in [0.15, 0.2) is 11.6 Å². The zero-order chi connectivity index (χ0) is 18.6. The molecule has 0 radical (unpaired) electrons. The maximum Gasteiger partial charge on any atom is 0.163 e. The number of carbonyl (C=O) groups excluding carboxylic acids is 1. The van der Waals surface area contributed by atoms with Crippen LogP contribution in [-0.4, -0.2) is 20.7 Å². The summed E-state index contributed by atoms with van der Waals surface area (Å²) in [5.41, 5.74) is 3.42. The van der Waals surface area contributed by atoms with E-state index in [1.54, 1.807) is 25.4 Å². The zero-order valence-electron chi connectivity index (χ0n) is 14.9. The molecular weight excluding hydrogens is 336 g/mol. The van der Waals surface area contributed by atoms with Crippen molar-refractivity contribution < 1.29 is 4.79 Å². The summed E-state index contributed by atoms with van der Waals surface area (Å²) >= 11 is 0. The van der Waals surface area contributed by atoms with Gasteiger partial charge in [0.25, 0.3) is 0 Å². The van der Waals surface area contributed by atoms with E-state index in [4.69, 9.17) is 4.98 Å². The Kier molecular flexibility index (Phi) is 4.58. The number of carbonyl (C=O) groups is 1. The minimum Gasteiger partial charge on any atom is -0.365 e. The lowest BCUT2D eigenvalue weighted by Gasteiger charge is -2.12. The van der Waals surface area contributed by atoms with Gasteiger partial charge in [-0.2, -0.15) is 0 Å². The van der Waals surface area contributed by atoms with Crippen LogP contribution in [0.1, 0.15) is 22.8 Å². The quantitative estimate of drug-likeness (QED) is 0.534. The summed E-state index contributed by atoms with van der Waals surface area (Å²) in [5, 5.41) is 4.22. The Morgan fingerprint density at radius 1 is 1.00 bits per heavy atom. The molecule has 0 saturated heterocycles. The molecule has 0 spiro atoms. The van der Waals surface area contributed by atoms with Crippen LogP contribution in [-0.2, 0) is 6.54 Å². The molecule has 2 aromatic carbocycles. The van der Waals surface area contributed by atoms with E-state index in [0.29, 0.717) is 23.8 Å². The standard InChI is InChI=1S/C22H18N4O/c1-15(27)17-9-10-20-19(12-17)22(24-13-16-6-3-2-4-7-16)26-21(25-20)18-8-5-11-23-14-18/h2-12,14H,13H2,1H3,(H,24,25,26). The molecule has 4 rings (SSSR count). The van der Waals surface area contributed by atoms with Gasteiger partial charge in [-0.15, -0.1) is 0 Å². The number of benzene rings is 2. The predicted molar refractivity (Wildman–Crippen MR) is 107 cm³/mol. The van der Waals surface area contributed by atoms with E-state index in [2.05, 4.69) is 27.4 Å². The second-order valence-electron chi connectivity index (χ2n) is 6.26. The summed E-state index contributed by atoms with van der Waals surface area (Å²) in [6, 6.07) is 19.4. The summed E-state index contributed by atoms with van der Waals surface area (Å²) < 4.78 is 0. The highest BCUT2D eigenvalue weighted by Gasteiger charge is 2.11. The van der Waals surface area contributed by atoms with Crippen molar-refractivity contribution in [3.63, 3.8) is 0 Å². The number of Topliss-reactive ketones (excluding diaryl/α,β-unsaturated/α-hetero) is 1. The van der Waals surface area contributed by atoms with E-state index < -0.39 is 0 Å². The molecule has 0 unspecified atom stereocenters. The van der Waals surface area contributed by atoms with Crippen LogP contribution in [0.5, 0.6) is 0 Å². The Bertz CT molecular complexity index is 1100. The van der Waals surface area contributed by atoms with Gasteiger partial charge in [-0.25, -0.2) is 9.97 Å². The van der Waals surface area contributed by atoms with E-state index in [9.17, 15) is 4.79 Å². The number of nitrogens with one attached hydrogen (secondary N) is 1. The Morgan fingerprint density at radius 3 is 2.59 bits per heavy atom. The SMILES string of the molecule is CC(=O)c1ccc2nc(-c3cccnc3)nc(NCc3ccccc3)c2c1. The van der Waals surface area contributed by atoms with E-state index in [1.807, 2.05) is 42.5 Å². The van der Waals surface area contributed by atoms with Gasteiger partial charge in [0.1, 0.15) is 5.82 Å². The highest BCUT2D eigenvalue weighted by atomic mass is 16.1. The normalized spacial score (nSPS) is 10.7. The average Bonchev–Trinajstić information content (AvgIpc) is 2.72. The first-order valence-electron chi connectivity index (χ1n) is 8.71. The van der Waals surface area contributed by atoms with Crippen molar-refractivity contribution in [3.8, 4) is 11.4 Å². The van der Waals surface area contributed by atoms with Crippen LogP contribution < -0.4 is 5.32 Å².